The van der Waals surface area contributed by atoms with Crippen LogP contribution in [-0.2, 0) is 0 Å². The predicted molar refractivity (Wildman–Crippen MR) is 226 cm³/mol. The van der Waals surface area contributed by atoms with Gasteiger partial charge in [0.2, 0.25) is 0 Å². The first kappa shape index (κ1) is 31.6. The number of nitrogens with zero attached hydrogens (tertiary/aromatic N) is 1. The van der Waals surface area contributed by atoms with Crippen molar-refractivity contribution in [3.05, 3.63) is 212 Å². The molecule has 0 atom stereocenters. The SMILES string of the molecule is c1ccc(-c2ccc(N(c3cccc(-c4ccccc4)c3)c3cccc4c3-c3cccc(-c5ccccc5)c3Oc3ccc5ccccc5c3-4)cc2)cc1. The molecule has 2 nitrogen and oxygen atoms in total. The maximum atomic E-state index is 7.15. The summed E-state index contributed by atoms with van der Waals surface area (Å²) in [6, 6.07) is 75.8. The third-order valence-corrected chi connectivity index (χ3v) is 10.5. The summed E-state index contributed by atoms with van der Waals surface area (Å²) in [6.07, 6.45) is 0. The Bertz CT molecular complexity index is 2770. The summed E-state index contributed by atoms with van der Waals surface area (Å²) in [5.74, 6) is 1.70. The molecule has 9 aromatic carbocycles. The van der Waals surface area contributed by atoms with Crippen LogP contribution in [0.25, 0.3) is 66.4 Å². The molecule has 1 heterocycles. The molecule has 0 radical (unpaired) electrons. The van der Waals surface area contributed by atoms with Gasteiger partial charge in [-0.1, -0.05) is 176 Å². The molecule has 0 saturated carbocycles. The van der Waals surface area contributed by atoms with Crippen LogP contribution >= 0.6 is 0 Å². The summed E-state index contributed by atoms with van der Waals surface area (Å²) in [4.78, 5) is 2.41. The number of para-hydroxylation sites is 1. The standard InChI is InChI=1S/C52H35NO/c1-4-15-36(16-5-1)38-29-32-42(33-30-38)53(43-23-12-22-41(35-43)37-17-6-2-7-18-37)48-28-14-26-46-50(48)47-27-13-25-45(39-19-8-3-9-20-39)52(47)54-49-34-31-40-21-10-11-24-44(40)51(46)49/h1-35H. The van der Waals surface area contributed by atoms with Crippen molar-refractivity contribution in [2.24, 2.45) is 0 Å². The van der Waals surface area contributed by atoms with Crippen LogP contribution in [0.1, 0.15) is 0 Å². The zero-order valence-corrected chi connectivity index (χ0v) is 29.6. The van der Waals surface area contributed by atoms with E-state index in [1.54, 1.807) is 0 Å². The fraction of sp³-hybridized carbons (Fsp3) is 0. The highest BCUT2D eigenvalue weighted by Crippen LogP contribution is 2.56. The molecule has 1 aliphatic heterocycles. The molecule has 0 bridgehead atoms. The van der Waals surface area contributed by atoms with Crippen LogP contribution < -0.4 is 9.64 Å². The number of anilines is 3. The Labute approximate surface area is 315 Å². The molecule has 0 aromatic heterocycles. The average molecular weight is 690 g/mol. The normalized spacial score (nSPS) is 11.5. The summed E-state index contributed by atoms with van der Waals surface area (Å²) < 4.78 is 7.15. The third-order valence-electron chi connectivity index (χ3n) is 10.5. The van der Waals surface area contributed by atoms with Crippen LogP contribution in [0.5, 0.6) is 11.5 Å². The molecule has 0 spiro atoms. The maximum absolute atomic E-state index is 7.15. The van der Waals surface area contributed by atoms with Gasteiger partial charge in [0, 0.05) is 33.6 Å². The summed E-state index contributed by atoms with van der Waals surface area (Å²) in [6.45, 7) is 0. The topological polar surface area (TPSA) is 12.5 Å². The van der Waals surface area contributed by atoms with E-state index in [0.29, 0.717) is 0 Å². The molecule has 1 aliphatic rings. The zero-order chi connectivity index (χ0) is 35.8. The van der Waals surface area contributed by atoms with Gasteiger partial charge in [-0.2, -0.15) is 0 Å². The molecule has 54 heavy (non-hydrogen) atoms. The van der Waals surface area contributed by atoms with Gasteiger partial charge in [-0.15, -0.1) is 0 Å². The third kappa shape index (κ3) is 5.53. The molecule has 2 heteroatoms. The smallest absolute Gasteiger partial charge is 0.143 e. The number of ether oxygens (including phenoxy) is 1. The van der Waals surface area contributed by atoms with E-state index in [1.165, 1.54) is 22.1 Å². The van der Waals surface area contributed by atoms with Gasteiger partial charge >= 0.3 is 0 Å². The lowest BCUT2D eigenvalue weighted by molar-refractivity contribution is 0.490. The van der Waals surface area contributed by atoms with Crippen molar-refractivity contribution in [3.8, 4) is 67.1 Å². The van der Waals surface area contributed by atoms with Crippen molar-refractivity contribution < 1.29 is 4.74 Å². The summed E-state index contributed by atoms with van der Waals surface area (Å²) >= 11 is 0. The number of benzene rings is 9. The van der Waals surface area contributed by atoms with Gasteiger partial charge in [0.05, 0.1) is 5.69 Å². The average Bonchev–Trinajstić information content (AvgIpc) is 3.40. The van der Waals surface area contributed by atoms with Gasteiger partial charge < -0.3 is 9.64 Å². The second-order valence-electron chi connectivity index (χ2n) is 13.7. The van der Waals surface area contributed by atoms with Gasteiger partial charge in [-0.3, -0.25) is 0 Å². The monoisotopic (exact) mass is 689 g/mol. The second-order valence-corrected chi connectivity index (χ2v) is 13.7. The van der Waals surface area contributed by atoms with Crippen LogP contribution in [0.3, 0.4) is 0 Å². The van der Waals surface area contributed by atoms with Gasteiger partial charge in [-0.25, -0.2) is 0 Å². The predicted octanol–water partition coefficient (Wildman–Crippen LogP) is 14.8. The van der Waals surface area contributed by atoms with Gasteiger partial charge in [0.15, 0.2) is 0 Å². The quantitative estimate of drug-likeness (QED) is 0.172. The van der Waals surface area contributed by atoms with Gasteiger partial charge in [0.1, 0.15) is 11.5 Å². The van der Waals surface area contributed by atoms with E-state index in [9.17, 15) is 0 Å². The molecule has 0 fully saturated rings. The Morgan fingerprint density at radius 2 is 0.907 bits per heavy atom. The van der Waals surface area contributed by atoms with Crippen LogP contribution in [-0.4, -0.2) is 0 Å². The maximum Gasteiger partial charge on any atom is 0.143 e. The number of rotatable bonds is 6. The van der Waals surface area contributed by atoms with Gasteiger partial charge in [-0.05, 0) is 80.6 Å². The molecule has 0 N–H and O–H groups in total. The van der Waals surface area contributed by atoms with E-state index in [0.717, 1.165) is 72.9 Å². The van der Waals surface area contributed by atoms with Crippen molar-refractivity contribution in [1.82, 2.24) is 0 Å². The van der Waals surface area contributed by atoms with Crippen molar-refractivity contribution in [2.45, 2.75) is 0 Å². The molecule has 0 aliphatic carbocycles. The minimum atomic E-state index is 0.846. The minimum absolute atomic E-state index is 0.846. The Morgan fingerprint density at radius 1 is 0.333 bits per heavy atom. The van der Waals surface area contributed by atoms with Crippen LogP contribution in [0.15, 0.2) is 212 Å². The lowest BCUT2D eigenvalue weighted by atomic mass is 9.88. The van der Waals surface area contributed by atoms with Crippen molar-refractivity contribution in [3.63, 3.8) is 0 Å². The zero-order valence-electron chi connectivity index (χ0n) is 29.6. The molecule has 0 unspecified atom stereocenters. The Balaban J connectivity index is 1.27. The molecule has 9 aromatic rings. The van der Waals surface area contributed by atoms with E-state index in [2.05, 4.69) is 217 Å². The number of fused-ring (bicyclic) bond motifs is 7. The highest BCUT2D eigenvalue weighted by molar-refractivity contribution is 6.09. The van der Waals surface area contributed by atoms with Crippen LogP contribution in [0.2, 0.25) is 0 Å². The van der Waals surface area contributed by atoms with Crippen molar-refractivity contribution >= 4 is 27.8 Å². The molecular weight excluding hydrogens is 655 g/mol. The Morgan fingerprint density at radius 3 is 1.67 bits per heavy atom. The molecule has 254 valence electrons. The fourth-order valence-electron chi connectivity index (χ4n) is 7.95. The van der Waals surface area contributed by atoms with E-state index in [1.807, 2.05) is 0 Å². The van der Waals surface area contributed by atoms with E-state index in [4.69, 9.17) is 4.74 Å². The minimum Gasteiger partial charge on any atom is -0.455 e. The molecule has 0 amide bonds. The highest BCUT2D eigenvalue weighted by atomic mass is 16.5. The molecule has 10 rings (SSSR count). The second kappa shape index (κ2) is 13.4. The van der Waals surface area contributed by atoms with E-state index in [-0.39, 0.29) is 0 Å². The number of hydrogen-bond acceptors (Lipinski definition) is 2. The lowest BCUT2D eigenvalue weighted by Gasteiger charge is -2.29. The lowest BCUT2D eigenvalue weighted by Crippen LogP contribution is -2.12. The summed E-state index contributed by atoms with van der Waals surface area (Å²) in [5, 5.41) is 2.33. The highest BCUT2D eigenvalue weighted by Gasteiger charge is 2.29. The molecule has 0 saturated heterocycles. The van der Waals surface area contributed by atoms with E-state index < -0.39 is 0 Å². The largest absolute Gasteiger partial charge is 0.455 e. The van der Waals surface area contributed by atoms with Crippen molar-refractivity contribution in [1.29, 1.82) is 0 Å². The fourth-order valence-corrected chi connectivity index (χ4v) is 7.95. The Kier molecular flexibility index (Phi) is 7.85. The summed E-state index contributed by atoms with van der Waals surface area (Å²) in [5.41, 5.74) is 14.5. The summed E-state index contributed by atoms with van der Waals surface area (Å²) in [7, 11) is 0. The van der Waals surface area contributed by atoms with Crippen LogP contribution in [0, 0.1) is 0 Å². The first-order valence-electron chi connectivity index (χ1n) is 18.4. The first-order chi connectivity index (χ1) is 26.8. The first-order valence-corrected chi connectivity index (χ1v) is 18.4. The van der Waals surface area contributed by atoms with Crippen LogP contribution in [0.4, 0.5) is 17.1 Å². The molecular formula is C52H35NO. The number of hydrogen-bond donors (Lipinski definition) is 0. The van der Waals surface area contributed by atoms with Crippen molar-refractivity contribution in [2.75, 3.05) is 4.90 Å². The van der Waals surface area contributed by atoms with Gasteiger partial charge in [0.25, 0.3) is 0 Å². The Hall–Kier alpha value is -7.16. The van der Waals surface area contributed by atoms with E-state index >= 15 is 0 Å².